The number of aldehydes is 1. The van der Waals surface area contributed by atoms with Crippen molar-refractivity contribution in [1.29, 1.82) is 0 Å². The number of rotatable bonds is 4. The predicted molar refractivity (Wildman–Crippen MR) is 50.9 cm³/mol. The highest BCUT2D eigenvalue weighted by Gasteiger charge is 2.06. The minimum Gasteiger partial charge on any atom is -0.497 e. The number of hydrogen-bond acceptors (Lipinski definition) is 3. The summed E-state index contributed by atoms with van der Waals surface area (Å²) in [6.07, 6.45) is 0.877. The molecule has 0 aliphatic rings. The highest BCUT2D eigenvalue weighted by atomic mass is 16.5. The first-order valence-corrected chi connectivity index (χ1v) is 4.08. The van der Waals surface area contributed by atoms with Gasteiger partial charge in [0.05, 0.1) is 13.2 Å². The van der Waals surface area contributed by atoms with E-state index in [9.17, 15) is 4.79 Å². The molecule has 0 aliphatic carbocycles. The SMILES string of the molecule is CNC(C=O)c1ccc(OC)cc1. The fourth-order valence-corrected chi connectivity index (χ4v) is 1.12. The van der Waals surface area contributed by atoms with Crippen LogP contribution < -0.4 is 10.1 Å². The van der Waals surface area contributed by atoms with Crippen LogP contribution in [0, 0.1) is 0 Å². The van der Waals surface area contributed by atoms with Crippen LogP contribution in [0.2, 0.25) is 0 Å². The molecule has 0 fully saturated rings. The molecule has 0 radical (unpaired) electrons. The van der Waals surface area contributed by atoms with Crippen LogP contribution in [0.25, 0.3) is 0 Å². The Balaban J connectivity index is 2.83. The molecule has 0 aromatic heterocycles. The van der Waals surface area contributed by atoms with Crippen molar-refractivity contribution in [2.45, 2.75) is 6.04 Å². The van der Waals surface area contributed by atoms with Gasteiger partial charge in [-0.25, -0.2) is 0 Å². The van der Waals surface area contributed by atoms with E-state index in [1.165, 1.54) is 0 Å². The van der Waals surface area contributed by atoms with Crippen LogP contribution in [-0.2, 0) is 4.79 Å². The van der Waals surface area contributed by atoms with Gasteiger partial charge in [0.1, 0.15) is 12.0 Å². The third kappa shape index (κ3) is 2.29. The summed E-state index contributed by atoms with van der Waals surface area (Å²) in [5, 5.41) is 2.90. The lowest BCUT2D eigenvalue weighted by Gasteiger charge is -2.09. The average Bonchev–Trinajstić information content (AvgIpc) is 2.21. The van der Waals surface area contributed by atoms with E-state index in [0.29, 0.717) is 0 Å². The number of ether oxygens (including phenoxy) is 1. The first-order chi connectivity index (χ1) is 6.31. The number of benzene rings is 1. The molecule has 0 saturated heterocycles. The average molecular weight is 179 g/mol. The van der Waals surface area contributed by atoms with Gasteiger partial charge < -0.3 is 14.8 Å². The maximum absolute atomic E-state index is 10.6. The van der Waals surface area contributed by atoms with Crippen LogP contribution in [0.1, 0.15) is 11.6 Å². The summed E-state index contributed by atoms with van der Waals surface area (Å²) >= 11 is 0. The van der Waals surface area contributed by atoms with E-state index in [0.717, 1.165) is 17.6 Å². The Morgan fingerprint density at radius 2 is 2.00 bits per heavy atom. The van der Waals surface area contributed by atoms with Gasteiger partial charge in [0.2, 0.25) is 0 Å². The van der Waals surface area contributed by atoms with E-state index in [1.54, 1.807) is 14.2 Å². The van der Waals surface area contributed by atoms with Crippen molar-refractivity contribution < 1.29 is 9.53 Å². The Morgan fingerprint density at radius 1 is 1.38 bits per heavy atom. The summed E-state index contributed by atoms with van der Waals surface area (Å²) in [4.78, 5) is 10.6. The third-order valence-electron chi connectivity index (χ3n) is 1.92. The molecule has 0 saturated carbocycles. The smallest absolute Gasteiger partial charge is 0.141 e. The van der Waals surface area contributed by atoms with Crippen LogP contribution in [0.3, 0.4) is 0 Å². The quantitative estimate of drug-likeness (QED) is 0.705. The summed E-state index contributed by atoms with van der Waals surface area (Å²) in [5.41, 5.74) is 0.943. The lowest BCUT2D eigenvalue weighted by molar-refractivity contribution is -0.109. The fourth-order valence-electron chi connectivity index (χ4n) is 1.12. The van der Waals surface area contributed by atoms with Crippen molar-refractivity contribution in [3.63, 3.8) is 0 Å². The van der Waals surface area contributed by atoms with Crippen LogP contribution in [0.5, 0.6) is 5.75 Å². The molecule has 1 N–H and O–H groups in total. The molecule has 0 amide bonds. The van der Waals surface area contributed by atoms with Crippen LogP contribution in [0.15, 0.2) is 24.3 Å². The summed E-state index contributed by atoms with van der Waals surface area (Å²) in [5.74, 6) is 0.796. The largest absolute Gasteiger partial charge is 0.497 e. The maximum Gasteiger partial charge on any atom is 0.141 e. The van der Waals surface area contributed by atoms with E-state index < -0.39 is 0 Å². The molecule has 1 aromatic rings. The molecule has 1 aromatic carbocycles. The van der Waals surface area contributed by atoms with E-state index in [1.807, 2.05) is 24.3 Å². The first-order valence-electron chi connectivity index (χ1n) is 4.08. The van der Waals surface area contributed by atoms with Gasteiger partial charge in [0, 0.05) is 0 Å². The second-order valence-electron chi connectivity index (χ2n) is 2.68. The number of carbonyl (C=O) groups excluding carboxylic acids is 1. The Morgan fingerprint density at radius 3 is 2.38 bits per heavy atom. The zero-order valence-electron chi connectivity index (χ0n) is 7.78. The number of hydrogen-bond donors (Lipinski definition) is 1. The summed E-state index contributed by atoms with van der Waals surface area (Å²) in [7, 11) is 3.37. The zero-order valence-corrected chi connectivity index (χ0v) is 7.78. The van der Waals surface area contributed by atoms with Crippen molar-refractivity contribution in [2.24, 2.45) is 0 Å². The van der Waals surface area contributed by atoms with Crippen molar-refractivity contribution in [3.05, 3.63) is 29.8 Å². The van der Waals surface area contributed by atoms with E-state index in [2.05, 4.69) is 5.32 Å². The molecule has 3 nitrogen and oxygen atoms in total. The van der Waals surface area contributed by atoms with Gasteiger partial charge in [-0.15, -0.1) is 0 Å². The van der Waals surface area contributed by atoms with Crippen molar-refractivity contribution >= 4 is 6.29 Å². The van der Waals surface area contributed by atoms with E-state index in [4.69, 9.17) is 4.74 Å². The first kappa shape index (κ1) is 9.74. The van der Waals surface area contributed by atoms with Crippen LogP contribution in [-0.4, -0.2) is 20.4 Å². The molecule has 3 heteroatoms. The molecule has 0 aliphatic heterocycles. The molecule has 1 rings (SSSR count). The van der Waals surface area contributed by atoms with Gasteiger partial charge in [0.15, 0.2) is 0 Å². The van der Waals surface area contributed by atoms with Crippen LogP contribution >= 0.6 is 0 Å². The Kier molecular flexibility index (Phi) is 3.46. The van der Waals surface area contributed by atoms with Gasteiger partial charge in [0.25, 0.3) is 0 Å². The van der Waals surface area contributed by atoms with Gasteiger partial charge in [-0.3, -0.25) is 0 Å². The van der Waals surface area contributed by atoms with Crippen molar-refractivity contribution in [3.8, 4) is 5.75 Å². The second kappa shape index (κ2) is 4.62. The highest BCUT2D eigenvalue weighted by Crippen LogP contribution is 2.15. The normalized spacial score (nSPS) is 12.2. The molecular weight excluding hydrogens is 166 g/mol. The maximum atomic E-state index is 10.6. The monoisotopic (exact) mass is 179 g/mol. The molecule has 0 heterocycles. The highest BCUT2D eigenvalue weighted by molar-refractivity contribution is 5.61. The van der Waals surface area contributed by atoms with Gasteiger partial charge in [-0.2, -0.15) is 0 Å². The predicted octanol–water partition coefficient (Wildman–Crippen LogP) is 1.15. The van der Waals surface area contributed by atoms with E-state index >= 15 is 0 Å². The van der Waals surface area contributed by atoms with Gasteiger partial charge in [-0.1, -0.05) is 12.1 Å². The summed E-state index contributed by atoms with van der Waals surface area (Å²) in [6, 6.07) is 7.18. The zero-order chi connectivity index (χ0) is 9.68. The molecule has 1 unspecified atom stereocenters. The second-order valence-corrected chi connectivity index (χ2v) is 2.68. The molecule has 1 atom stereocenters. The van der Waals surface area contributed by atoms with E-state index in [-0.39, 0.29) is 6.04 Å². The third-order valence-corrected chi connectivity index (χ3v) is 1.92. The van der Waals surface area contributed by atoms with Crippen molar-refractivity contribution in [2.75, 3.05) is 14.2 Å². The standard InChI is InChI=1S/C10H13NO2/c1-11-10(7-12)8-3-5-9(13-2)6-4-8/h3-7,10-11H,1-2H3. The minimum absolute atomic E-state index is 0.231. The van der Waals surface area contributed by atoms with Gasteiger partial charge >= 0.3 is 0 Å². The molecule has 0 spiro atoms. The lowest BCUT2D eigenvalue weighted by Crippen LogP contribution is -2.17. The Bertz CT molecular complexity index is 269. The Labute approximate surface area is 77.7 Å². The number of methoxy groups -OCH3 is 1. The van der Waals surface area contributed by atoms with Gasteiger partial charge in [-0.05, 0) is 24.7 Å². The van der Waals surface area contributed by atoms with Crippen molar-refractivity contribution in [1.82, 2.24) is 5.32 Å². The Hall–Kier alpha value is -1.35. The molecular formula is C10H13NO2. The topological polar surface area (TPSA) is 38.3 Å². The fraction of sp³-hybridized carbons (Fsp3) is 0.300. The number of carbonyl (C=O) groups is 1. The summed E-state index contributed by atoms with van der Waals surface area (Å²) < 4.78 is 5.01. The summed E-state index contributed by atoms with van der Waals surface area (Å²) in [6.45, 7) is 0. The minimum atomic E-state index is -0.231. The number of nitrogens with one attached hydrogen (secondary N) is 1. The number of likely N-dealkylation sites (N-methyl/N-ethyl adjacent to an activating group) is 1. The molecule has 70 valence electrons. The van der Waals surface area contributed by atoms with Crippen LogP contribution in [0.4, 0.5) is 0 Å². The lowest BCUT2D eigenvalue weighted by atomic mass is 10.1. The molecule has 13 heavy (non-hydrogen) atoms. The molecule has 0 bridgehead atoms.